The van der Waals surface area contributed by atoms with Gasteiger partial charge in [-0.15, -0.1) is 0 Å². The number of hydrogen-bond acceptors (Lipinski definition) is 3. The molecule has 0 N–H and O–H groups in total. The molecule has 0 aliphatic rings. The lowest BCUT2D eigenvalue weighted by molar-refractivity contribution is 0.668. The summed E-state index contributed by atoms with van der Waals surface area (Å²) in [6.45, 7) is 0. The van der Waals surface area contributed by atoms with Gasteiger partial charge < -0.3 is 17.8 Å². The van der Waals surface area contributed by atoms with Gasteiger partial charge in [-0.1, -0.05) is 97.1 Å². The van der Waals surface area contributed by atoms with Crippen LogP contribution in [0.3, 0.4) is 0 Å². The maximum absolute atomic E-state index is 6.85. The number of aromatic nitrogens is 1. The Bertz CT molecular complexity index is 3800. The fourth-order valence-electron chi connectivity index (χ4n) is 9.25. The molecule has 4 nitrogen and oxygen atoms in total. The summed E-state index contributed by atoms with van der Waals surface area (Å²) in [7, 11) is 0. The average molecular weight is 742 g/mol. The van der Waals surface area contributed by atoms with Gasteiger partial charge in [0.25, 0.3) is 0 Å². The summed E-state index contributed by atoms with van der Waals surface area (Å²) >= 11 is 0. The fraction of sp³-hybridized carbons (Fsp3) is 0. The molecule has 0 unspecified atom stereocenters. The molecule has 0 amide bonds. The van der Waals surface area contributed by atoms with Crippen molar-refractivity contribution in [2.24, 2.45) is 0 Å². The van der Waals surface area contributed by atoms with Crippen molar-refractivity contribution in [3.05, 3.63) is 188 Å². The van der Waals surface area contributed by atoms with Crippen molar-refractivity contribution in [1.82, 2.24) is 4.57 Å². The van der Waals surface area contributed by atoms with Gasteiger partial charge in [-0.05, 0) is 119 Å². The van der Waals surface area contributed by atoms with Crippen LogP contribution >= 0.6 is 0 Å². The van der Waals surface area contributed by atoms with Crippen LogP contribution < -0.4 is 0 Å². The summed E-state index contributed by atoms with van der Waals surface area (Å²) in [6, 6.07) is 66.8. The van der Waals surface area contributed by atoms with Crippen molar-refractivity contribution >= 4 is 87.6 Å². The zero-order valence-corrected chi connectivity index (χ0v) is 31.1. The third kappa shape index (κ3) is 4.57. The third-order valence-corrected chi connectivity index (χ3v) is 12.0. The molecule has 0 radical (unpaired) electrons. The molecular weight excluding hydrogens is 711 g/mol. The maximum Gasteiger partial charge on any atom is 0.143 e. The smallest absolute Gasteiger partial charge is 0.143 e. The third-order valence-electron chi connectivity index (χ3n) is 12.0. The highest BCUT2D eigenvalue weighted by molar-refractivity contribution is 6.15. The second kappa shape index (κ2) is 11.8. The topological polar surface area (TPSA) is 44.4 Å². The van der Waals surface area contributed by atoms with E-state index in [4.69, 9.17) is 13.3 Å². The Morgan fingerprint density at radius 3 is 1.45 bits per heavy atom. The first kappa shape index (κ1) is 31.4. The quantitative estimate of drug-likeness (QED) is 0.180. The van der Waals surface area contributed by atoms with Gasteiger partial charge >= 0.3 is 0 Å². The predicted molar refractivity (Wildman–Crippen MR) is 239 cm³/mol. The van der Waals surface area contributed by atoms with Gasteiger partial charge in [0.1, 0.15) is 33.5 Å². The van der Waals surface area contributed by atoms with Crippen molar-refractivity contribution in [2.75, 3.05) is 0 Å². The first-order valence-corrected chi connectivity index (χ1v) is 19.6. The second-order valence-corrected chi connectivity index (χ2v) is 15.3. The van der Waals surface area contributed by atoms with Gasteiger partial charge in [0, 0.05) is 54.3 Å². The van der Waals surface area contributed by atoms with Crippen molar-refractivity contribution in [2.45, 2.75) is 0 Å². The number of furan rings is 3. The van der Waals surface area contributed by atoms with Gasteiger partial charge in [0.15, 0.2) is 0 Å². The van der Waals surface area contributed by atoms with Crippen LogP contribution in [0.25, 0.3) is 127 Å². The minimum Gasteiger partial charge on any atom is -0.456 e. The van der Waals surface area contributed by atoms with Gasteiger partial charge in [0.2, 0.25) is 0 Å². The molecule has 13 aromatic rings. The number of para-hydroxylation sites is 4. The number of nitrogens with zero attached hydrogens (tertiary/aromatic N) is 1. The number of fused-ring (bicyclic) bond motifs is 12. The lowest BCUT2D eigenvalue weighted by atomic mass is 9.93. The van der Waals surface area contributed by atoms with E-state index in [0.29, 0.717) is 0 Å². The number of rotatable bonds is 4. The van der Waals surface area contributed by atoms with Gasteiger partial charge in [-0.25, -0.2) is 0 Å². The second-order valence-electron chi connectivity index (χ2n) is 15.3. The van der Waals surface area contributed by atoms with Crippen LogP contribution in [0.15, 0.2) is 201 Å². The molecule has 4 heteroatoms. The van der Waals surface area contributed by atoms with E-state index in [2.05, 4.69) is 168 Å². The van der Waals surface area contributed by atoms with Crippen molar-refractivity contribution < 1.29 is 13.3 Å². The Morgan fingerprint density at radius 1 is 0.276 bits per heavy atom. The van der Waals surface area contributed by atoms with Gasteiger partial charge in [0.05, 0.1) is 11.0 Å². The Labute approximate surface area is 331 Å². The van der Waals surface area contributed by atoms with Crippen LogP contribution in [-0.4, -0.2) is 4.57 Å². The number of hydrogen-bond donors (Lipinski definition) is 0. The molecule has 13 rings (SSSR count). The van der Waals surface area contributed by atoms with Crippen LogP contribution in [0, 0.1) is 0 Å². The molecule has 0 atom stereocenters. The standard InChI is InChI=1S/C54H31NO3/c1-2-10-37(11-3-1)55-47-15-7-4-12-38(47)42-26-34(18-22-48(42)55)36-30-41(35-21-25-52-44(29-35)40-14-6-9-17-50(40)57-52)54-46(31-36)45-28-33(20-24-53(45)58-54)32-19-23-51-43(27-32)39-13-5-8-16-49(39)56-51/h1-31H. The lowest BCUT2D eigenvalue weighted by Crippen LogP contribution is -1.92. The van der Waals surface area contributed by atoms with Crippen LogP contribution in [0.1, 0.15) is 0 Å². The van der Waals surface area contributed by atoms with Crippen molar-refractivity contribution in [1.29, 1.82) is 0 Å². The van der Waals surface area contributed by atoms with Crippen LogP contribution in [-0.2, 0) is 0 Å². The largest absolute Gasteiger partial charge is 0.456 e. The first-order valence-electron chi connectivity index (χ1n) is 19.6. The Kier molecular flexibility index (Phi) is 6.41. The number of benzene rings is 9. The molecule has 4 heterocycles. The van der Waals surface area contributed by atoms with E-state index in [-0.39, 0.29) is 0 Å². The first-order chi connectivity index (χ1) is 28.7. The van der Waals surface area contributed by atoms with E-state index in [1.165, 1.54) is 21.8 Å². The van der Waals surface area contributed by atoms with Crippen LogP contribution in [0.5, 0.6) is 0 Å². The SMILES string of the molecule is c1ccc(-n2c3ccccc3c3cc(-c4cc(-c5ccc6oc7ccccc7c6c5)c5oc6ccc(-c7ccc8oc9ccccc9c8c7)cc6c5c4)ccc32)cc1. The van der Waals surface area contributed by atoms with Gasteiger partial charge in [-0.3, -0.25) is 0 Å². The molecule has 4 aromatic heterocycles. The minimum atomic E-state index is 0.850. The predicted octanol–water partition coefficient (Wildman–Crippen LogP) is 15.5. The molecular formula is C54H31NO3. The summed E-state index contributed by atoms with van der Waals surface area (Å²) in [4.78, 5) is 0. The summed E-state index contributed by atoms with van der Waals surface area (Å²) in [6.07, 6.45) is 0. The summed E-state index contributed by atoms with van der Waals surface area (Å²) < 4.78 is 21.6. The molecule has 0 aliphatic carbocycles. The Morgan fingerprint density at radius 2 is 0.741 bits per heavy atom. The van der Waals surface area contributed by atoms with Gasteiger partial charge in [-0.2, -0.15) is 0 Å². The van der Waals surface area contributed by atoms with Crippen LogP contribution in [0.4, 0.5) is 0 Å². The van der Waals surface area contributed by atoms with E-state index < -0.39 is 0 Å². The van der Waals surface area contributed by atoms with E-state index >= 15 is 0 Å². The molecule has 0 saturated carbocycles. The monoisotopic (exact) mass is 741 g/mol. The zero-order chi connectivity index (χ0) is 37.9. The Hall–Kier alpha value is -7.82. The fourth-order valence-corrected chi connectivity index (χ4v) is 9.25. The molecule has 0 bridgehead atoms. The highest BCUT2D eigenvalue weighted by Gasteiger charge is 2.20. The molecule has 58 heavy (non-hydrogen) atoms. The highest BCUT2D eigenvalue weighted by atomic mass is 16.3. The highest BCUT2D eigenvalue weighted by Crippen LogP contribution is 2.44. The van der Waals surface area contributed by atoms with Crippen molar-refractivity contribution in [3.63, 3.8) is 0 Å². The minimum absolute atomic E-state index is 0.850. The van der Waals surface area contributed by atoms with E-state index in [0.717, 1.165) is 105 Å². The van der Waals surface area contributed by atoms with Crippen molar-refractivity contribution in [3.8, 4) is 39.1 Å². The summed E-state index contributed by atoms with van der Waals surface area (Å²) in [5.41, 5.74) is 15.4. The zero-order valence-electron chi connectivity index (χ0n) is 31.1. The molecule has 270 valence electrons. The van der Waals surface area contributed by atoms with E-state index in [9.17, 15) is 0 Å². The Balaban J connectivity index is 1.05. The van der Waals surface area contributed by atoms with E-state index in [1.807, 2.05) is 24.3 Å². The normalized spacial score (nSPS) is 12.1. The lowest BCUT2D eigenvalue weighted by Gasteiger charge is -2.10. The summed E-state index contributed by atoms with van der Waals surface area (Å²) in [5.74, 6) is 0. The molecule has 0 saturated heterocycles. The van der Waals surface area contributed by atoms with E-state index in [1.54, 1.807) is 0 Å². The maximum atomic E-state index is 6.85. The molecule has 0 aliphatic heterocycles. The average Bonchev–Trinajstić information content (AvgIpc) is 4.04. The molecule has 0 spiro atoms. The molecule has 0 fully saturated rings. The van der Waals surface area contributed by atoms with Crippen LogP contribution in [0.2, 0.25) is 0 Å². The molecule has 9 aromatic carbocycles. The summed E-state index contributed by atoms with van der Waals surface area (Å²) in [5, 5.41) is 9.00.